The summed E-state index contributed by atoms with van der Waals surface area (Å²) in [5.41, 5.74) is 3.23. The van der Waals surface area contributed by atoms with Crippen LogP contribution in [0.15, 0.2) is 61.7 Å². The van der Waals surface area contributed by atoms with Crippen molar-refractivity contribution < 1.29 is 23.1 Å². The van der Waals surface area contributed by atoms with E-state index in [0.717, 1.165) is 42.8 Å². The number of aliphatic hydroxyl groups excluding tert-OH is 1. The molecule has 5 rings (SSSR count). The molecule has 1 saturated carbocycles. The molecule has 44 heavy (non-hydrogen) atoms. The number of halogens is 1. The molecule has 2 aromatic carbocycles. The topological polar surface area (TPSA) is 95.9 Å². The Morgan fingerprint density at radius 3 is 2.64 bits per heavy atom. The van der Waals surface area contributed by atoms with E-state index < -0.39 is 27.3 Å². The van der Waals surface area contributed by atoms with Gasteiger partial charge in [0.1, 0.15) is 5.75 Å². The molecule has 1 heterocycles. The maximum atomic E-state index is 13.4. The summed E-state index contributed by atoms with van der Waals surface area (Å²) >= 11 is 6.39. The number of nitrogens with zero attached hydrogens (tertiary/aromatic N) is 1. The molecule has 1 spiro atoms. The first-order valence-electron chi connectivity index (χ1n) is 15.7. The number of hydrogen-bond acceptors (Lipinski definition) is 6. The number of benzene rings is 2. The fourth-order valence-electron chi connectivity index (χ4n) is 7.40. The molecule has 0 unspecified atom stereocenters. The van der Waals surface area contributed by atoms with Crippen LogP contribution in [-0.4, -0.2) is 50.5 Å². The van der Waals surface area contributed by atoms with Gasteiger partial charge in [-0.25, -0.2) is 13.1 Å². The Morgan fingerprint density at radius 1 is 1.18 bits per heavy atom. The first-order valence-corrected chi connectivity index (χ1v) is 17.7. The summed E-state index contributed by atoms with van der Waals surface area (Å²) in [7, 11) is -3.93. The summed E-state index contributed by atoms with van der Waals surface area (Å²) in [5, 5.41) is 10.8. The fraction of sp³-hybridized carbons (Fsp3) is 0.514. The quantitative estimate of drug-likeness (QED) is 0.275. The second kappa shape index (κ2) is 13.3. The van der Waals surface area contributed by atoms with E-state index >= 15 is 0 Å². The summed E-state index contributed by atoms with van der Waals surface area (Å²) < 4.78 is 35.2. The Bertz CT molecular complexity index is 1510. The van der Waals surface area contributed by atoms with E-state index in [0.29, 0.717) is 31.9 Å². The van der Waals surface area contributed by atoms with Crippen LogP contribution >= 0.6 is 11.6 Å². The standard InChI is InChI=1S/C35H45ClN2O5S/c1-5-8-31(39)28-14-11-26(28)20-38-21-35(17-7-10-24-18-27(36)13-15-29(24)35)22-43-32-16-12-25(19-30(32)38)34(40)37-44(41,42)33(9-6-2)23(3)4/h5-6,12-13,15-16,18-19,23,26,28,31,33,39H,1-2,7-11,14,17,20-22H2,3-4H3,(H,37,40)/t26-,28+,31-,33+,35-/m0/s1. The summed E-state index contributed by atoms with van der Waals surface area (Å²) in [6.45, 7) is 13.0. The molecule has 5 atom stereocenters. The van der Waals surface area contributed by atoms with E-state index in [4.69, 9.17) is 16.3 Å². The van der Waals surface area contributed by atoms with Crippen molar-refractivity contribution in [2.24, 2.45) is 17.8 Å². The summed E-state index contributed by atoms with van der Waals surface area (Å²) in [6, 6.07) is 11.3. The van der Waals surface area contributed by atoms with Crippen LogP contribution in [0.2, 0.25) is 5.02 Å². The monoisotopic (exact) mass is 640 g/mol. The second-order valence-electron chi connectivity index (χ2n) is 13.2. The van der Waals surface area contributed by atoms with Gasteiger partial charge in [0.05, 0.1) is 23.6 Å². The van der Waals surface area contributed by atoms with E-state index in [1.165, 1.54) is 11.1 Å². The number of anilines is 1. The van der Waals surface area contributed by atoms with Crippen LogP contribution in [0.3, 0.4) is 0 Å². The number of allylic oxidation sites excluding steroid dienone is 1. The highest BCUT2D eigenvalue weighted by molar-refractivity contribution is 7.90. The number of hydrogen-bond donors (Lipinski definition) is 2. The van der Waals surface area contributed by atoms with Gasteiger partial charge in [0.15, 0.2) is 0 Å². The van der Waals surface area contributed by atoms with Gasteiger partial charge in [0.25, 0.3) is 5.91 Å². The summed E-state index contributed by atoms with van der Waals surface area (Å²) in [4.78, 5) is 15.7. The number of amides is 1. The highest BCUT2D eigenvalue weighted by Crippen LogP contribution is 2.46. The zero-order valence-electron chi connectivity index (χ0n) is 25.8. The van der Waals surface area contributed by atoms with Crippen molar-refractivity contribution in [1.29, 1.82) is 0 Å². The van der Waals surface area contributed by atoms with Gasteiger partial charge >= 0.3 is 0 Å². The Labute approximate surface area is 267 Å². The van der Waals surface area contributed by atoms with E-state index in [-0.39, 0.29) is 35.2 Å². The summed E-state index contributed by atoms with van der Waals surface area (Å²) in [5.74, 6) is 0.248. The second-order valence-corrected chi connectivity index (χ2v) is 15.5. The molecule has 7 nitrogen and oxygen atoms in total. The van der Waals surface area contributed by atoms with Crippen LogP contribution in [0.4, 0.5) is 5.69 Å². The van der Waals surface area contributed by atoms with Crippen LogP contribution in [0.5, 0.6) is 5.75 Å². The molecule has 9 heteroatoms. The van der Waals surface area contributed by atoms with Gasteiger partial charge in [-0.3, -0.25) is 4.79 Å². The number of ether oxygens (including phenoxy) is 1. The molecule has 3 aliphatic rings. The van der Waals surface area contributed by atoms with Gasteiger partial charge < -0.3 is 14.7 Å². The van der Waals surface area contributed by atoms with Crippen molar-refractivity contribution in [2.45, 2.75) is 75.6 Å². The van der Waals surface area contributed by atoms with Crippen molar-refractivity contribution in [3.05, 3.63) is 83.4 Å². The van der Waals surface area contributed by atoms with E-state index in [1.54, 1.807) is 30.4 Å². The van der Waals surface area contributed by atoms with Crippen molar-refractivity contribution in [3.8, 4) is 5.75 Å². The number of nitrogens with one attached hydrogen (secondary N) is 1. The zero-order valence-corrected chi connectivity index (χ0v) is 27.4. The number of rotatable bonds is 11. The van der Waals surface area contributed by atoms with Crippen LogP contribution in [0, 0.1) is 17.8 Å². The molecule has 0 radical (unpaired) electrons. The lowest BCUT2D eigenvalue weighted by Crippen LogP contribution is -2.49. The molecule has 1 amide bonds. The number of carbonyl (C=O) groups excluding carboxylic acids is 1. The van der Waals surface area contributed by atoms with Crippen LogP contribution in [0.25, 0.3) is 0 Å². The Morgan fingerprint density at radius 2 is 1.95 bits per heavy atom. The molecule has 238 valence electrons. The van der Waals surface area contributed by atoms with Crippen molar-refractivity contribution in [2.75, 3.05) is 24.6 Å². The van der Waals surface area contributed by atoms with Crippen LogP contribution < -0.4 is 14.4 Å². The molecule has 0 bridgehead atoms. The third-order valence-corrected chi connectivity index (χ3v) is 12.1. The van der Waals surface area contributed by atoms with Gasteiger partial charge in [-0.2, -0.15) is 0 Å². The Kier molecular flexibility index (Phi) is 9.83. The van der Waals surface area contributed by atoms with Gasteiger partial charge in [0.2, 0.25) is 10.0 Å². The van der Waals surface area contributed by atoms with Crippen molar-refractivity contribution in [3.63, 3.8) is 0 Å². The highest BCUT2D eigenvalue weighted by atomic mass is 35.5. The molecule has 2 N–H and O–H groups in total. The zero-order chi connectivity index (χ0) is 31.6. The van der Waals surface area contributed by atoms with Gasteiger partial charge in [-0.05, 0) is 104 Å². The number of fused-ring (bicyclic) bond motifs is 3. The van der Waals surface area contributed by atoms with E-state index in [1.807, 2.05) is 19.9 Å². The minimum Gasteiger partial charge on any atom is -0.490 e. The summed E-state index contributed by atoms with van der Waals surface area (Å²) in [6.07, 6.45) is 8.60. The first kappa shape index (κ1) is 32.6. The van der Waals surface area contributed by atoms with Crippen molar-refractivity contribution in [1.82, 2.24) is 4.72 Å². The lowest BCUT2D eigenvalue weighted by atomic mass is 9.68. The first-order chi connectivity index (χ1) is 21.0. The molecule has 2 aromatic rings. The fourth-order valence-corrected chi connectivity index (χ4v) is 9.23. The Balaban J connectivity index is 1.50. The Hall–Kier alpha value is -2.81. The van der Waals surface area contributed by atoms with Crippen LogP contribution in [-0.2, 0) is 21.9 Å². The maximum absolute atomic E-state index is 13.4. The molecule has 0 aromatic heterocycles. The predicted octanol–water partition coefficient (Wildman–Crippen LogP) is 6.44. The number of aliphatic hydroxyl groups is 1. The lowest BCUT2D eigenvalue weighted by molar-refractivity contribution is 0.0178. The number of carbonyl (C=O) groups is 1. The highest BCUT2D eigenvalue weighted by Gasteiger charge is 2.44. The SMILES string of the molecule is C=CC[C@H](C(C)C)S(=O)(=O)NC(=O)c1ccc2c(c1)N(C[C@@H]1CC[C@H]1[C@@H](O)CC=C)C[C@@]1(CCCc3cc(Cl)ccc31)CO2. The number of sulfonamides is 1. The predicted molar refractivity (Wildman–Crippen MR) is 177 cm³/mol. The third-order valence-electron chi connectivity index (χ3n) is 9.91. The lowest BCUT2D eigenvalue weighted by Gasteiger charge is -2.45. The van der Waals surface area contributed by atoms with Crippen molar-refractivity contribution >= 4 is 33.2 Å². The molecular formula is C35H45ClN2O5S. The van der Waals surface area contributed by atoms with Gasteiger partial charge in [-0.1, -0.05) is 43.7 Å². The third kappa shape index (κ3) is 6.58. The molecule has 1 fully saturated rings. The van der Waals surface area contributed by atoms with Gasteiger partial charge in [0, 0.05) is 29.1 Å². The smallest absolute Gasteiger partial charge is 0.264 e. The largest absolute Gasteiger partial charge is 0.490 e. The van der Waals surface area contributed by atoms with E-state index in [9.17, 15) is 18.3 Å². The molecule has 0 saturated heterocycles. The minimum atomic E-state index is -3.93. The normalized spacial score (nSPS) is 24.2. The average molecular weight is 641 g/mol. The molecule has 1 aliphatic heterocycles. The van der Waals surface area contributed by atoms with E-state index in [2.05, 4.69) is 34.9 Å². The number of aryl methyl sites for hydroxylation is 1. The maximum Gasteiger partial charge on any atom is 0.264 e. The molecular weight excluding hydrogens is 596 g/mol. The van der Waals surface area contributed by atoms with Crippen LogP contribution in [0.1, 0.15) is 73.9 Å². The minimum absolute atomic E-state index is 0.170. The van der Waals surface area contributed by atoms with Gasteiger partial charge in [-0.15, -0.1) is 13.2 Å². The molecule has 2 aliphatic carbocycles. The average Bonchev–Trinajstić information content (AvgIpc) is 3.10.